The van der Waals surface area contributed by atoms with Gasteiger partial charge in [0, 0.05) is 26.2 Å². The van der Waals surface area contributed by atoms with E-state index in [1.54, 1.807) is 12.1 Å². The fourth-order valence-electron chi connectivity index (χ4n) is 2.42. The Balaban J connectivity index is 2.06. The minimum Gasteiger partial charge on any atom is -0.478 e. The maximum atomic E-state index is 12.3. The van der Waals surface area contributed by atoms with Crippen LogP contribution in [-0.4, -0.2) is 54.9 Å². The van der Waals surface area contributed by atoms with E-state index < -0.39 is 18.7 Å². The van der Waals surface area contributed by atoms with Gasteiger partial charge in [0.1, 0.15) is 0 Å². The molecule has 8 heteroatoms. The number of carboxylic acids is 1. The van der Waals surface area contributed by atoms with E-state index >= 15 is 0 Å². The SMILES string of the molecule is Nc1c(C(=O)O)cccc1N1CCN(CC(F)(F)F)CC1. The van der Waals surface area contributed by atoms with Gasteiger partial charge in [-0.2, -0.15) is 13.2 Å². The van der Waals surface area contributed by atoms with Crippen LogP contribution in [0.1, 0.15) is 10.4 Å². The molecule has 0 aliphatic carbocycles. The molecule has 1 aliphatic heterocycles. The van der Waals surface area contributed by atoms with Crippen LogP contribution in [0.15, 0.2) is 18.2 Å². The van der Waals surface area contributed by atoms with Gasteiger partial charge in [-0.25, -0.2) is 4.79 Å². The molecule has 21 heavy (non-hydrogen) atoms. The monoisotopic (exact) mass is 303 g/mol. The minimum absolute atomic E-state index is 0.00483. The van der Waals surface area contributed by atoms with Crippen LogP contribution in [0.4, 0.5) is 24.5 Å². The summed E-state index contributed by atoms with van der Waals surface area (Å²) < 4.78 is 37.0. The third-order valence-electron chi connectivity index (χ3n) is 3.43. The van der Waals surface area contributed by atoms with Crippen molar-refractivity contribution in [3.8, 4) is 0 Å². The molecule has 5 nitrogen and oxygen atoms in total. The summed E-state index contributed by atoms with van der Waals surface area (Å²) in [6, 6.07) is 4.67. The molecular weight excluding hydrogens is 287 g/mol. The number of para-hydroxylation sites is 1. The standard InChI is InChI=1S/C13H16F3N3O2/c14-13(15,16)8-18-4-6-19(7-5-18)10-3-1-2-9(11(10)17)12(20)21/h1-3H,4-8,17H2,(H,20,21). The first-order valence-corrected chi connectivity index (χ1v) is 6.44. The van der Waals surface area contributed by atoms with Gasteiger partial charge in [-0.1, -0.05) is 6.07 Å². The molecule has 1 fully saturated rings. The first-order chi connectivity index (χ1) is 9.78. The topological polar surface area (TPSA) is 69.8 Å². The van der Waals surface area contributed by atoms with E-state index in [2.05, 4.69) is 0 Å². The number of alkyl halides is 3. The fraction of sp³-hybridized carbons (Fsp3) is 0.462. The summed E-state index contributed by atoms with van der Waals surface area (Å²) in [6.45, 7) is 0.352. The van der Waals surface area contributed by atoms with Crippen molar-refractivity contribution < 1.29 is 23.1 Å². The van der Waals surface area contributed by atoms with Gasteiger partial charge in [0.05, 0.1) is 23.5 Å². The van der Waals surface area contributed by atoms with Gasteiger partial charge < -0.3 is 15.7 Å². The number of hydrogen-bond donors (Lipinski definition) is 2. The normalized spacial score (nSPS) is 17.0. The van der Waals surface area contributed by atoms with Crippen molar-refractivity contribution in [2.24, 2.45) is 0 Å². The maximum absolute atomic E-state index is 12.3. The quantitative estimate of drug-likeness (QED) is 0.831. The number of carboxylic acid groups (broad SMARTS) is 1. The third kappa shape index (κ3) is 3.78. The number of benzene rings is 1. The Labute approximate surface area is 119 Å². The number of rotatable bonds is 3. The van der Waals surface area contributed by atoms with Crippen LogP contribution in [0.3, 0.4) is 0 Å². The fourth-order valence-corrected chi connectivity index (χ4v) is 2.42. The lowest BCUT2D eigenvalue weighted by Crippen LogP contribution is -2.49. The molecule has 1 saturated heterocycles. The molecule has 2 rings (SSSR count). The summed E-state index contributed by atoms with van der Waals surface area (Å²) in [5, 5.41) is 9.03. The van der Waals surface area contributed by atoms with Gasteiger partial charge >= 0.3 is 12.1 Å². The smallest absolute Gasteiger partial charge is 0.401 e. The Bertz CT molecular complexity index is 526. The number of anilines is 2. The Morgan fingerprint density at radius 1 is 1.24 bits per heavy atom. The molecule has 1 aromatic rings. The molecule has 0 aromatic heterocycles. The highest BCUT2D eigenvalue weighted by Gasteiger charge is 2.32. The Morgan fingerprint density at radius 3 is 2.38 bits per heavy atom. The van der Waals surface area contributed by atoms with Crippen LogP contribution in [0, 0.1) is 0 Å². The average Bonchev–Trinajstić information content (AvgIpc) is 2.38. The van der Waals surface area contributed by atoms with Crippen molar-refractivity contribution in [3.63, 3.8) is 0 Å². The molecule has 116 valence electrons. The van der Waals surface area contributed by atoms with E-state index in [-0.39, 0.29) is 24.3 Å². The zero-order chi connectivity index (χ0) is 15.6. The van der Waals surface area contributed by atoms with E-state index in [0.29, 0.717) is 18.8 Å². The molecule has 0 radical (unpaired) electrons. The van der Waals surface area contributed by atoms with Crippen molar-refractivity contribution in [1.82, 2.24) is 4.90 Å². The zero-order valence-corrected chi connectivity index (χ0v) is 11.2. The first-order valence-electron chi connectivity index (χ1n) is 6.44. The molecular formula is C13H16F3N3O2. The lowest BCUT2D eigenvalue weighted by Gasteiger charge is -2.36. The van der Waals surface area contributed by atoms with Crippen molar-refractivity contribution in [2.45, 2.75) is 6.18 Å². The predicted molar refractivity (Wildman–Crippen MR) is 72.5 cm³/mol. The third-order valence-corrected chi connectivity index (χ3v) is 3.43. The maximum Gasteiger partial charge on any atom is 0.401 e. The minimum atomic E-state index is -4.20. The molecule has 0 atom stereocenters. The molecule has 0 amide bonds. The van der Waals surface area contributed by atoms with Gasteiger partial charge in [-0.15, -0.1) is 0 Å². The highest BCUT2D eigenvalue weighted by molar-refractivity contribution is 5.97. The van der Waals surface area contributed by atoms with Crippen LogP contribution >= 0.6 is 0 Å². The second-order valence-corrected chi connectivity index (χ2v) is 4.92. The summed E-state index contributed by atoms with van der Waals surface area (Å²) in [4.78, 5) is 14.2. The van der Waals surface area contributed by atoms with E-state index in [4.69, 9.17) is 10.8 Å². The number of nitrogen functional groups attached to an aromatic ring is 1. The lowest BCUT2D eigenvalue weighted by molar-refractivity contribution is -0.146. The van der Waals surface area contributed by atoms with E-state index in [0.717, 1.165) is 0 Å². The number of piperazine rings is 1. The van der Waals surface area contributed by atoms with Crippen molar-refractivity contribution in [1.29, 1.82) is 0 Å². The Hall–Kier alpha value is -1.96. The molecule has 0 saturated carbocycles. The van der Waals surface area contributed by atoms with Crippen LogP contribution < -0.4 is 10.6 Å². The molecule has 1 aromatic carbocycles. The van der Waals surface area contributed by atoms with Gasteiger partial charge in [0.2, 0.25) is 0 Å². The van der Waals surface area contributed by atoms with Gasteiger partial charge in [-0.3, -0.25) is 4.90 Å². The van der Waals surface area contributed by atoms with Crippen LogP contribution in [-0.2, 0) is 0 Å². The number of aromatic carboxylic acids is 1. The van der Waals surface area contributed by atoms with Crippen LogP contribution in [0.2, 0.25) is 0 Å². The number of hydrogen-bond acceptors (Lipinski definition) is 4. The predicted octanol–water partition coefficient (Wildman–Crippen LogP) is 1.65. The summed E-state index contributed by atoms with van der Waals surface area (Å²) >= 11 is 0. The van der Waals surface area contributed by atoms with E-state index in [1.807, 2.05) is 4.90 Å². The van der Waals surface area contributed by atoms with Crippen molar-refractivity contribution >= 4 is 17.3 Å². The van der Waals surface area contributed by atoms with E-state index in [1.165, 1.54) is 11.0 Å². The lowest BCUT2D eigenvalue weighted by atomic mass is 10.1. The summed E-state index contributed by atoms with van der Waals surface area (Å²) in [5.74, 6) is -1.12. The van der Waals surface area contributed by atoms with Gasteiger partial charge in [-0.05, 0) is 12.1 Å². The largest absolute Gasteiger partial charge is 0.478 e. The second kappa shape index (κ2) is 5.80. The highest BCUT2D eigenvalue weighted by Crippen LogP contribution is 2.28. The summed E-state index contributed by atoms with van der Waals surface area (Å²) in [7, 11) is 0. The first kappa shape index (κ1) is 15.4. The van der Waals surface area contributed by atoms with Crippen LogP contribution in [0.25, 0.3) is 0 Å². The number of carbonyl (C=O) groups is 1. The van der Waals surface area contributed by atoms with Gasteiger partial charge in [0.25, 0.3) is 0 Å². The van der Waals surface area contributed by atoms with E-state index in [9.17, 15) is 18.0 Å². The second-order valence-electron chi connectivity index (χ2n) is 4.92. The summed E-state index contributed by atoms with van der Waals surface area (Å²) in [6.07, 6.45) is -4.20. The number of nitrogens with zero attached hydrogens (tertiary/aromatic N) is 2. The van der Waals surface area contributed by atoms with Crippen molar-refractivity contribution in [3.05, 3.63) is 23.8 Å². The molecule has 1 heterocycles. The summed E-state index contributed by atoms with van der Waals surface area (Å²) in [5.41, 5.74) is 6.54. The molecule has 0 spiro atoms. The number of nitrogens with two attached hydrogens (primary N) is 1. The highest BCUT2D eigenvalue weighted by atomic mass is 19.4. The molecule has 0 unspecified atom stereocenters. The van der Waals surface area contributed by atoms with Crippen molar-refractivity contribution in [2.75, 3.05) is 43.4 Å². The average molecular weight is 303 g/mol. The molecule has 3 N–H and O–H groups in total. The number of halogens is 3. The molecule has 1 aliphatic rings. The molecule has 0 bridgehead atoms. The Kier molecular flexibility index (Phi) is 4.26. The van der Waals surface area contributed by atoms with Gasteiger partial charge in [0.15, 0.2) is 0 Å². The Morgan fingerprint density at radius 2 is 1.86 bits per heavy atom. The van der Waals surface area contributed by atoms with Crippen LogP contribution in [0.5, 0.6) is 0 Å². The zero-order valence-electron chi connectivity index (χ0n) is 11.2.